The van der Waals surface area contributed by atoms with Gasteiger partial charge in [-0.25, -0.2) is 0 Å². The molecule has 1 aliphatic carbocycles. The zero-order valence-corrected chi connectivity index (χ0v) is 10.6. The van der Waals surface area contributed by atoms with Crippen LogP contribution in [0.2, 0.25) is 0 Å². The average Bonchev–Trinajstić information content (AvgIpc) is 2.29. The number of hydrogen-bond donors (Lipinski definition) is 1. The van der Waals surface area contributed by atoms with Crippen LogP contribution in [0.5, 0.6) is 0 Å². The molecule has 1 nitrogen and oxygen atoms in total. The van der Waals surface area contributed by atoms with Crippen LogP contribution < -0.4 is 0 Å². The molecule has 0 heterocycles. The van der Waals surface area contributed by atoms with Crippen LogP contribution in [-0.4, -0.2) is 5.11 Å². The van der Waals surface area contributed by atoms with Crippen molar-refractivity contribution in [3.8, 4) is 0 Å². The standard InChI is InChI=1S/C16H20O/c1-12(2)10-13-6-8-14(9-7-13)15-4-3-5-16(17)11-15/h4,6-9,11-12,17H,3,5,10H2,1-2H3. The Labute approximate surface area is 103 Å². The second kappa shape index (κ2) is 5.22. The molecule has 0 spiro atoms. The van der Waals surface area contributed by atoms with Crippen molar-refractivity contribution in [3.05, 3.63) is 53.3 Å². The number of allylic oxidation sites excluding steroid dienone is 4. The van der Waals surface area contributed by atoms with Crippen molar-refractivity contribution in [2.75, 3.05) is 0 Å². The van der Waals surface area contributed by atoms with E-state index in [-0.39, 0.29) is 0 Å². The molecule has 0 unspecified atom stereocenters. The molecule has 2 rings (SSSR count). The number of rotatable bonds is 3. The maximum Gasteiger partial charge on any atom is 0.0931 e. The van der Waals surface area contributed by atoms with Gasteiger partial charge in [-0.3, -0.25) is 0 Å². The fraction of sp³-hybridized carbons (Fsp3) is 0.375. The van der Waals surface area contributed by atoms with Gasteiger partial charge in [-0.15, -0.1) is 0 Å². The average molecular weight is 228 g/mol. The quantitative estimate of drug-likeness (QED) is 0.807. The molecule has 0 bridgehead atoms. The first-order valence-corrected chi connectivity index (χ1v) is 6.34. The molecule has 0 saturated heterocycles. The van der Waals surface area contributed by atoms with Crippen LogP contribution in [0.25, 0.3) is 5.57 Å². The van der Waals surface area contributed by atoms with Gasteiger partial charge in [0, 0.05) is 6.42 Å². The van der Waals surface area contributed by atoms with Gasteiger partial charge in [-0.2, -0.15) is 0 Å². The lowest BCUT2D eigenvalue weighted by Crippen LogP contribution is -1.95. The van der Waals surface area contributed by atoms with Crippen molar-refractivity contribution < 1.29 is 5.11 Å². The number of aliphatic hydroxyl groups excluding tert-OH is 1. The summed E-state index contributed by atoms with van der Waals surface area (Å²) < 4.78 is 0. The highest BCUT2D eigenvalue weighted by molar-refractivity contribution is 5.75. The fourth-order valence-corrected chi connectivity index (χ4v) is 2.19. The van der Waals surface area contributed by atoms with Crippen LogP contribution in [0.1, 0.15) is 37.8 Å². The first-order chi connectivity index (χ1) is 8.15. The van der Waals surface area contributed by atoms with Crippen molar-refractivity contribution in [2.24, 2.45) is 5.92 Å². The number of benzene rings is 1. The predicted octanol–water partition coefficient (Wildman–Crippen LogP) is 4.50. The van der Waals surface area contributed by atoms with E-state index < -0.39 is 0 Å². The molecule has 1 aliphatic rings. The Hall–Kier alpha value is -1.50. The van der Waals surface area contributed by atoms with Gasteiger partial charge >= 0.3 is 0 Å². The molecular weight excluding hydrogens is 208 g/mol. The molecule has 90 valence electrons. The molecule has 0 aromatic heterocycles. The van der Waals surface area contributed by atoms with Gasteiger partial charge in [0.1, 0.15) is 0 Å². The Balaban J connectivity index is 2.15. The normalized spacial score (nSPS) is 15.7. The first kappa shape index (κ1) is 12.0. The van der Waals surface area contributed by atoms with Crippen LogP contribution in [0.15, 0.2) is 42.2 Å². The predicted molar refractivity (Wildman–Crippen MR) is 72.9 cm³/mol. The van der Waals surface area contributed by atoms with E-state index in [1.165, 1.54) is 11.1 Å². The molecule has 1 aromatic rings. The minimum absolute atomic E-state index is 0.494. The van der Waals surface area contributed by atoms with E-state index in [1.54, 1.807) is 0 Å². The van der Waals surface area contributed by atoms with Crippen LogP contribution in [0.3, 0.4) is 0 Å². The van der Waals surface area contributed by atoms with Crippen molar-refractivity contribution in [1.82, 2.24) is 0 Å². The zero-order chi connectivity index (χ0) is 12.3. The van der Waals surface area contributed by atoms with E-state index >= 15 is 0 Å². The van der Waals surface area contributed by atoms with Crippen LogP contribution >= 0.6 is 0 Å². The smallest absolute Gasteiger partial charge is 0.0931 e. The van der Waals surface area contributed by atoms with Gasteiger partial charge in [-0.05, 0) is 41.5 Å². The molecule has 0 fully saturated rings. The third-order valence-corrected chi connectivity index (χ3v) is 3.02. The van der Waals surface area contributed by atoms with E-state index in [0.717, 1.165) is 24.8 Å². The van der Waals surface area contributed by atoms with E-state index in [0.29, 0.717) is 11.7 Å². The Morgan fingerprint density at radius 2 is 1.88 bits per heavy atom. The highest BCUT2D eigenvalue weighted by atomic mass is 16.3. The molecule has 0 amide bonds. The molecule has 0 aliphatic heterocycles. The van der Waals surface area contributed by atoms with Crippen molar-refractivity contribution in [1.29, 1.82) is 0 Å². The molecule has 17 heavy (non-hydrogen) atoms. The number of aliphatic hydroxyl groups is 1. The summed E-state index contributed by atoms with van der Waals surface area (Å²) in [6.45, 7) is 4.47. The third kappa shape index (κ3) is 3.23. The second-order valence-electron chi connectivity index (χ2n) is 5.13. The Kier molecular flexibility index (Phi) is 3.68. The molecule has 0 radical (unpaired) electrons. The van der Waals surface area contributed by atoms with Gasteiger partial charge in [0.05, 0.1) is 5.76 Å². The third-order valence-electron chi connectivity index (χ3n) is 3.02. The summed E-state index contributed by atoms with van der Waals surface area (Å²) in [5.41, 5.74) is 3.72. The molecule has 1 N–H and O–H groups in total. The summed E-state index contributed by atoms with van der Waals surface area (Å²) in [7, 11) is 0. The molecular formula is C16H20O. The Bertz CT molecular complexity index is 435. The molecule has 0 atom stereocenters. The van der Waals surface area contributed by atoms with Gasteiger partial charge in [-0.1, -0.05) is 44.2 Å². The minimum Gasteiger partial charge on any atom is -0.512 e. The van der Waals surface area contributed by atoms with E-state index in [2.05, 4.69) is 44.2 Å². The number of hydrogen-bond acceptors (Lipinski definition) is 1. The highest BCUT2D eigenvalue weighted by Gasteiger charge is 2.06. The fourth-order valence-electron chi connectivity index (χ4n) is 2.19. The monoisotopic (exact) mass is 228 g/mol. The SMILES string of the molecule is CC(C)Cc1ccc(C2=CCCC(O)=C2)cc1. The van der Waals surface area contributed by atoms with Crippen molar-refractivity contribution >= 4 is 5.57 Å². The lowest BCUT2D eigenvalue weighted by atomic mass is 9.96. The van der Waals surface area contributed by atoms with Crippen molar-refractivity contribution in [2.45, 2.75) is 33.1 Å². The van der Waals surface area contributed by atoms with Crippen LogP contribution in [0, 0.1) is 5.92 Å². The van der Waals surface area contributed by atoms with Gasteiger partial charge in [0.2, 0.25) is 0 Å². The van der Waals surface area contributed by atoms with E-state index in [4.69, 9.17) is 0 Å². The van der Waals surface area contributed by atoms with E-state index in [9.17, 15) is 5.11 Å². The summed E-state index contributed by atoms with van der Waals surface area (Å²) in [6.07, 6.45) is 6.90. The summed E-state index contributed by atoms with van der Waals surface area (Å²) >= 11 is 0. The van der Waals surface area contributed by atoms with Crippen LogP contribution in [0.4, 0.5) is 0 Å². The minimum atomic E-state index is 0.494. The maximum atomic E-state index is 9.53. The highest BCUT2D eigenvalue weighted by Crippen LogP contribution is 2.24. The largest absolute Gasteiger partial charge is 0.512 e. The second-order valence-corrected chi connectivity index (χ2v) is 5.13. The summed E-state index contributed by atoms with van der Waals surface area (Å²) in [5, 5.41) is 9.53. The summed E-state index contributed by atoms with van der Waals surface area (Å²) in [4.78, 5) is 0. The Morgan fingerprint density at radius 3 is 2.47 bits per heavy atom. The van der Waals surface area contributed by atoms with E-state index in [1.807, 2.05) is 6.08 Å². The maximum absolute atomic E-state index is 9.53. The lowest BCUT2D eigenvalue weighted by Gasteiger charge is -2.11. The van der Waals surface area contributed by atoms with Crippen molar-refractivity contribution in [3.63, 3.8) is 0 Å². The molecule has 1 aromatic carbocycles. The van der Waals surface area contributed by atoms with Gasteiger partial charge in [0.15, 0.2) is 0 Å². The lowest BCUT2D eigenvalue weighted by molar-refractivity contribution is 0.388. The van der Waals surface area contributed by atoms with Gasteiger partial charge < -0.3 is 5.11 Å². The topological polar surface area (TPSA) is 20.2 Å². The molecule has 0 saturated carbocycles. The molecule has 1 heteroatoms. The summed E-state index contributed by atoms with van der Waals surface area (Å²) in [6, 6.07) is 8.68. The summed E-state index contributed by atoms with van der Waals surface area (Å²) in [5.74, 6) is 1.19. The van der Waals surface area contributed by atoms with Crippen LogP contribution in [-0.2, 0) is 6.42 Å². The van der Waals surface area contributed by atoms with Gasteiger partial charge in [0.25, 0.3) is 0 Å². The first-order valence-electron chi connectivity index (χ1n) is 6.34. The zero-order valence-electron chi connectivity index (χ0n) is 10.6. The Morgan fingerprint density at radius 1 is 1.18 bits per heavy atom.